The third-order valence-corrected chi connectivity index (χ3v) is 7.03. The third kappa shape index (κ3) is 7.51. The number of carbonyl (C=O) groups is 1. The van der Waals surface area contributed by atoms with E-state index in [-0.39, 0.29) is 11.3 Å². The second-order valence-corrected chi connectivity index (χ2v) is 9.05. The van der Waals surface area contributed by atoms with E-state index in [1.54, 1.807) is 0 Å². The number of azo groups is 1. The zero-order valence-corrected chi connectivity index (χ0v) is 21.5. The Morgan fingerprint density at radius 2 is 1.31 bits per heavy atom. The van der Waals surface area contributed by atoms with Gasteiger partial charge in [0.1, 0.15) is 0 Å². The minimum Gasteiger partial charge on any atom is -0.367 e. The predicted molar refractivity (Wildman–Crippen MR) is 147 cm³/mol. The smallest absolute Gasteiger partial charge is 0.224 e. The first-order valence-corrected chi connectivity index (χ1v) is 12.7. The van der Waals surface area contributed by atoms with Crippen molar-refractivity contribution in [2.75, 3.05) is 16.8 Å². The summed E-state index contributed by atoms with van der Waals surface area (Å²) in [4.78, 5) is 14.9. The molecule has 3 aromatic rings. The van der Waals surface area contributed by atoms with Crippen LogP contribution in [0.3, 0.4) is 0 Å². The van der Waals surface area contributed by atoms with Crippen molar-refractivity contribution in [3.63, 3.8) is 0 Å². The maximum atomic E-state index is 12.5. The van der Waals surface area contributed by atoms with Crippen molar-refractivity contribution in [1.82, 2.24) is 0 Å². The van der Waals surface area contributed by atoms with Crippen LogP contribution in [0.4, 0.5) is 22.7 Å². The Kier molecular flexibility index (Phi) is 9.59. The fourth-order valence-corrected chi connectivity index (χ4v) is 4.32. The second kappa shape index (κ2) is 12.8. The molecule has 0 radical (unpaired) electrons. The fourth-order valence-electron chi connectivity index (χ4n) is 4.32. The van der Waals surface area contributed by atoms with Crippen LogP contribution in [0.15, 0.2) is 89.1 Å². The zero-order chi connectivity index (χ0) is 25.1. The lowest BCUT2D eigenvalue weighted by Gasteiger charge is -2.29. The van der Waals surface area contributed by atoms with E-state index in [2.05, 4.69) is 84.5 Å². The topological polar surface area (TPSA) is 57.1 Å². The largest absolute Gasteiger partial charge is 0.367 e. The van der Waals surface area contributed by atoms with E-state index in [9.17, 15) is 4.79 Å². The van der Waals surface area contributed by atoms with Gasteiger partial charge in [-0.15, -0.1) is 0 Å². The highest BCUT2D eigenvalue weighted by Gasteiger charge is 2.27. The monoisotopic (exact) mass is 470 g/mol. The van der Waals surface area contributed by atoms with Gasteiger partial charge >= 0.3 is 0 Å². The van der Waals surface area contributed by atoms with Crippen LogP contribution < -0.4 is 10.2 Å². The Morgan fingerprint density at radius 1 is 0.771 bits per heavy atom. The number of anilines is 2. The molecule has 0 saturated heterocycles. The molecule has 184 valence electrons. The molecule has 5 heteroatoms. The second-order valence-electron chi connectivity index (χ2n) is 9.05. The molecule has 1 amide bonds. The summed E-state index contributed by atoms with van der Waals surface area (Å²) in [5, 5.41) is 11.8. The van der Waals surface area contributed by atoms with Gasteiger partial charge in [-0.1, -0.05) is 51.1 Å². The minimum absolute atomic E-state index is 0.0680. The maximum absolute atomic E-state index is 12.5. The Hall–Kier alpha value is -3.47. The Morgan fingerprint density at radius 3 is 1.83 bits per heavy atom. The summed E-state index contributed by atoms with van der Waals surface area (Å²) in [6.45, 7) is 10.5. The SMILES string of the molecule is CCN(Cc1ccccc1)c1ccc(N=Nc2ccc(NC(=O)CC(CC)(CC)CC)cc2)cc1. The Labute approximate surface area is 210 Å². The number of benzene rings is 3. The van der Waals surface area contributed by atoms with Gasteiger partial charge in [0.2, 0.25) is 5.91 Å². The number of hydrogen-bond acceptors (Lipinski definition) is 4. The first kappa shape index (κ1) is 26.1. The van der Waals surface area contributed by atoms with Crippen LogP contribution in [0, 0.1) is 5.41 Å². The molecule has 5 nitrogen and oxygen atoms in total. The number of hydrogen-bond donors (Lipinski definition) is 1. The lowest BCUT2D eigenvalue weighted by Crippen LogP contribution is -2.26. The molecule has 0 unspecified atom stereocenters. The maximum Gasteiger partial charge on any atom is 0.224 e. The molecular weight excluding hydrogens is 432 g/mol. The minimum atomic E-state index is 0.0680. The normalized spacial score (nSPS) is 11.5. The summed E-state index contributed by atoms with van der Waals surface area (Å²) in [5.41, 5.74) is 4.87. The molecule has 0 atom stereocenters. The summed E-state index contributed by atoms with van der Waals surface area (Å²) in [6, 6.07) is 26.1. The molecule has 3 rings (SSSR count). The van der Waals surface area contributed by atoms with E-state index in [1.165, 1.54) is 5.56 Å². The lowest BCUT2D eigenvalue weighted by atomic mass is 9.77. The molecule has 35 heavy (non-hydrogen) atoms. The Bertz CT molecular complexity index is 1060. The van der Waals surface area contributed by atoms with Crippen molar-refractivity contribution in [3.8, 4) is 0 Å². The molecule has 0 heterocycles. The van der Waals surface area contributed by atoms with Crippen molar-refractivity contribution >= 4 is 28.7 Å². The average Bonchev–Trinajstić information content (AvgIpc) is 2.91. The summed E-state index contributed by atoms with van der Waals surface area (Å²) in [5.74, 6) is 0.0680. The number of nitrogens with zero attached hydrogens (tertiary/aromatic N) is 3. The molecule has 0 fully saturated rings. The van der Waals surface area contributed by atoms with Crippen LogP contribution >= 0.6 is 0 Å². The van der Waals surface area contributed by atoms with Gasteiger partial charge < -0.3 is 10.2 Å². The van der Waals surface area contributed by atoms with E-state index >= 15 is 0 Å². The first-order chi connectivity index (χ1) is 17.0. The van der Waals surface area contributed by atoms with Gasteiger partial charge in [0.25, 0.3) is 0 Å². The fraction of sp³-hybridized carbons (Fsp3) is 0.367. The highest BCUT2D eigenvalue weighted by atomic mass is 16.1. The highest BCUT2D eigenvalue weighted by Crippen LogP contribution is 2.34. The van der Waals surface area contributed by atoms with E-state index < -0.39 is 0 Å². The van der Waals surface area contributed by atoms with Crippen LogP contribution in [0.1, 0.15) is 58.9 Å². The lowest BCUT2D eigenvalue weighted by molar-refractivity contribution is -0.118. The highest BCUT2D eigenvalue weighted by molar-refractivity contribution is 5.91. The van der Waals surface area contributed by atoms with Gasteiger partial charge in [-0.2, -0.15) is 10.2 Å². The van der Waals surface area contributed by atoms with Gasteiger partial charge in [-0.05, 0) is 85.7 Å². The van der Waals surface area contributed by atoms with Gasteiger partial charge in [-0.25, -0.2) is 0 Å². The molecule has 0 aliphatic heterocycles. The van der Waals surface area contributed by atoms with E-state index in [1.807, 2.05) is 42.5 Å². The molecule has 1 N–H and O–H groups in total. The van der Waals surface area contributed by atoms with Crippen molar-refractivity contribution in [2.45, 2.75) is 59.9 Å². The summed E-state index contributed by atoms with van der Waals surface area (Å²) < 4.78 is 0. The molecule has 0 bridgehead atoms. The summed E-state index contributed by atoms with van der Waals surface area (Å²) >= 11 is 0. The van der Waals surface area contributed by atoms with Crippen molar-refractivity contribution in [2.24, 2.45) is 15.6 Å². The van der Waals surface area contributed by atoms with Gasteiger partial charge in [0.15, 0.2) is 0 Å². The van der Waals surface area contributed by atoms with Gasteiger partial charge in [0.05, 0.1) is 11.4 Å². The van der Waals surface area contributed by atoms with Gasteiger partial charge in [0, 0.05) is 30.9 Å². The van der Waals surface area contributed by atoms with Crippen molar-refractivity contribution < 1.29 is 4.79 Å². The van der Waals surface area contributed by atoms with E-state index in [4.69, 9.17) is 0 Å². The van der Waals surface area contributed by atoms with Crippen molar-refractivity contribution in [1.29, 1.82) is 0 Å². The summed E-state index contributed by atoms with van der Waals surface area (Å²) in [7, 11) is 0. The molecule has 0 aromatic heterocycles. The molecule has 0 spiro atoms. The molecule has 3 aromatic carbocycles. The number of rotatable bonds is 12. The molecule has 0 aliphatic rings. The van der Waals surface area contributed by atoms with Crippen LogP contribution in [-0.2, 0) is 11.3 Å². The quantitative estimate of drug-likeness (QED) is 0.269. The molecule has 0 saturated carbocycles. The van der Waals surface area contributed by atoms with E-state index in [0.29, 0.717) is 6.42 Å². The van der Waals surface area contributed by atoms with Crippen LogP contribution in [-0.4, -0.2) is 12.5 Å². The molecular formula is C30H38N4O. The first-order valence-electron chi connectivity index (χ1n) is 12.7. The molecule has 0 aliphatic carbocycles. The standard InChI is InChI=1S/C30H38N4O/c1-5-30(6-2,7-3)22-29(35)31-25-14-16-26(17-15-25)32-33-27-18-20-28(21-19-27)34(8-4)23-24-12-10-9-11-13-24/h9-21H,5-8,22-23H2,1-4H3,(H,31,35). The van der Waals surface area contributed by atoms with Crippen LogP contribution in [0.25, 0.3) is 0 Å². The zero-order valence-electron chi connectivity index (χ0n) is 21.5. The van der Waals surface area contributed by atoms with Crippen LogP contribution in [0.5, 0.6) is 0 Å². The number of amides is 1. The average molecular weight is 471 g/mol. The van der Waals surface area contributed by atoms with Crippen molar-refractivity contribution in [3.05, 3.63) is 84.4 Å². The van der Waals surface area contributed by atoms with Gasteiger partial charge in [-0.3, -0.25) is 4.79 Å². The third-order valence-electron chi connectivity index (χ3n) is 7.03. The van der Waals surface area contributed by atoms with Crippen LogP contribution in [0.2, 0.25) is 0 Å². The number of carbonyl (C=O) groups excluding carboxylic acids is 1. The Balaban J connectivity index is 1.57. The predicted octanol–water partition coefficient (Wildman–Crippen LogP) is 8.67. The number of nitrogens with one attached hydrogen (secondary N) is 1. The summed E-state index contributed by atoms with van der Waals surface area (Å²) in [6.07, 6.45) is 3.58. The van der Waals surface area contributed by atoms with E-state index in [0.717, 1.165) is 55.1 Å².